The predicted molar refractivity (Wildman–Crippen MR) is 56.7 cm³/mol. The number of nitrogens with zero attached hydrogens (tertiary/aromatic N) is 2. The largest absolute Gasteiger partial charge is 0.223 e. The van der Waals surface area contributed by atoms with Crippen molar-refractivity contribution in [3.05, 3.63) is 0 Å². The lowest BCUT2D eigenvalue weighted by Crippen LogP contribution is -1.88. The molecule has 0 atom stereocenters. The number of alkyl halides is 2. The normalized spacial score (nSPS) is 8.67. The second-order valence-corrected chi connectivity index (χ2v) is 3.45. The van der Waals surface area contributed by atoms with Crippen LogP contribution in [0.2, 0.25) is 0 Å². The fraction of sp³-hybridized carbons (Fsp3) is 0.875. The van der Waals surface area contributed by atoms with Crippen LogP contribution in [-0.4, -0.2) is 23.4 Å². The SMILES string of the molecule is CC(C)N=C=NC(C)C.ClCCl. The number of rotatable bonds is 2. The smallest absolute Gasteiger partial charge is 0.0967 e. The molecule has 0 aliphatic carbocycles. The molecule has 0 saturated heterocycles. The minimum atomic E-state index is 0.194. The van der Waals surface area contributed by atoms with E-state index in [9.17, 15) is 0 Å². The summed E-state index contributed by atoms with van der Waals surface area (Å²) in [5.41, 5.74) is 0. The average molecular weight is 211 g/mol. The first-order chi connectivity index (χ1) is 5.54. The summed E-state index contributed by atoms with van der Waals surface area (Å²) >= 11 is 9.53. The summed E-state index contributed by atoms with van der Waals surface area (Å²) in [5.74, 6) is 0. The maximum atomic E-state index is 4.76. The van der Waals surface area contributed by atoms with Crippen LogP contribution in [0.3, 0.4) is 0 Å². The van der Waals surface area contributed by atoms with E-state index in [-0.39, 0.29) is 5.34 Å². The molecule has 0 amide bonds. The van der Waals surface area contributed by atoms with E-state index in [1.807, 2.05) is 27.7 Å². The van der Waals surface area contributed by atoms with Crippen LogP contribution in [0.4, 0.5) is 0 Å². The second-order valence-electron chi connectivity index (χ2n) is 2.65. The van der Waals surface area contributed by atoms with Crippen molar-refractivity contribution in [3.8, 4) is 0 Å². The van der Waals surface area contributed by atoms with Crippen LogP contribution in [0, 0.1) is 0 Å². The Labute approximate surface area is 84.7 Å². The van der Waals surface area contributed by atoms with Gasteiger partial charge in [-0.25, -0.2) is 9.98 Å². The highest BCUT2D eigenvalue weighted by Gasteiger charge is 1.82. The zero-order chi connectivity index (χ0) is 9.98. The molecule has 0 bridgehead atoms. The van der Waals surface area contributed by atoms with Gasteiger partial charge in [-0.15, -0.1) is 23.2 Å². The van der Waals surface area contributed by atoms with Gasteiger partial charge in [-0.1, -0.05) is 0 Å². The maximum Gasteiger partial charge on any atom is 0.0967 e. The molecule has 0 rings (SSSR count). The van der Waals surface area contributed by atoms with Gasteiger partial charge >= 0.3 is 0 Å². The van der Waals surface area contributed by atoms with E-state index in [0.717, 1.165) is 0 Å². The molecule has 0 heterocycles. The molecule has 0 aromatic heterocycles. The maximum absolute atomic E-state index is 4.76. The van der Waals surface area contributed by atoms with Gasteiger partial charge in [-0.2, -0.15) is 0 Å². The summed E-state index contributed by atoms with van der Waals surface area (Å²) in [6.45, 7) is 8.01. The summed E-state index contributed by atoms with van der Waals surface area (Å²) in [6, 6.07) is 3.26. The van der Waals surface area contributed by atoms with Crippen molar-refractivity contribution in [2.24, 2.45) is 9.98 Å². The van der Waals surface area contributed by atoms with E-state index in [4.69, 9.17) is 23.2 Å². The third-order valence-corrected chi connectivity index (χ3v) is 0.632. The first-order valence-corrected chi connectivity index (χ1v) is 4.88. The van der Waals surface area contributed by atoms with Crippen LogP contribution in [0.15, 0.2) is 9.98 Å². The van der Waals surface area contributed by atoms with Gasteiger partial charge in [0, 0.05) is 0 Å². The average Bonchev–Trinajstić information content (AvgIpc) is 1.87. The van der Waals surface area contributed by atoms with E-state index >= 15 is 0 Å². The highest BCUT2D eigenvalue weighted by atomic mass is 35.5. The lowest BCUT2D eigenvalue weighted by molar-refractivity contribution is 0.818. The highest BCUT2D eigenvalue weighted by Crippen LogP contribution is 1.84. The van der Waals surface area contributed by atoms with Crippen molar-refractivity contribution in [1.29, 1.82) is 0 Å². The second kappa shape index (κ2) is 11.0. The van der Waals surface area contributed by atoms with Crippen LogP contribution in [0.25, 0.3) is 0 Å². The van der Waals surface area contributed by atoms with E-state index in [1.165, 1.54) is 0 Å². The molecule has 12 heavy (non-hydrogen) atoms. The highest BCUT2D eigenvalue weighted by molar-refractivity contribution is 6.40. The van der Waals surface area contributed by atoms with Crippen molar-refractivity contribution in [2.45, 2.75) is 39.8 Å². The molecule has 0 N–H and O–H groups in total. The molecule has 72 valence electrons. The Morgan fingerprint density at radius 1 is 1.00 bits per heavy atom. The van der Waals surface area contributed by atoms with Gasteiger partial charge in [0.1, 0.15) is 0 Å². The lowest BCUT2D eigenvalue weighted by Gasteiger charge is -1.89. The summed E-state index contributed by atoms with van der Waals surface area (Å²) in [7, 11) is 0. The van der Waals surface area contributed by atoms with Crippen LogP contribution >= 0.6 is 23.2 Å². The molecular formula is C8H16Cl2N2. The monoisotopic (exact) mass is 210 g/mol. The van der Waals surface area contributed by atoms with E-state index in [2.05, 4.69) is 16.0 Å². The molecule has 0 aromatic carbocycles. The molecule has 0 unspecified atom stereocenters. The molecule has 2 nitrogen and oxygen atoms in total. The molecule has 0 fully saturated rings. The predicted octanol–water partition coefficient (Wildman–Crippen LogP) is 3.40. The summed E-state index contributed by atoms with van der Waals surface area (Å²) in [5, 5.41) is 0.194. The third kappa shape index (κ3) is 22.5. The standard InChI is InChI=1S/C7H14N2.CH2Cl2/c1-6(2)8-5-9-7(3)4;2-1-3/h6-7H,1-4H3;1H2. The fourth-order valence-corrected chi connectivity index (χ4v) is 0.264. The molecule has 0 aliphatic rings. The van der Waals surface area contributed by atoms with Crippen molar-refractivity contribution in [1.82, 2.24) is 0 Å². The van der Waals surface area contributed by atoms with Crippen molar-refractivity contribution in [2.75, 3.05) is 5.34 Å². The van der Waals surface area contributed by atoms with Gasteiger partial charge in [0.05, 0.1) is 23.4 Å². The van der Waals surface area contributed by atoms with Gasteiger partial charge in [0.15, 0.2) is 0 Å². The lowest BCUT2D eigenvalue weighted by atomic mass is 10.4. The Morgan fingerprint density at radius 2 is 1.25 bits per heavy atom. The van der Waals surface area contributed by atoms with Crippen molar-refractivity contribution >= 4 is 29.2 Å². The fourth-order valence-electron chi connectivity index (χ4n) is 0.264. The van der Waals surface area contributed by atoms with Gasteiger partial charge in [-0.3, -0.25) is 0 Å². The number of hydrogen-bond acceptors (Lipinski definition) is 2. The molecular weight excluding hydrogens is 195 g/mol. The zero-order valence-electron chi connectivity index (χ0n) is 8.01. The van der Waals surface area contributed by atoms with Gasteiger partial charge in [0.25, 0.3) is 0 Å². The summed E-state index contributed by atoms with van der Waals surface area (Å²) in [6.07, 6.45) is 0. The third-order valence-electron chi connectivity index (χ3n) is 0.632. The van der Waals surface area contributed by atoms with Crippen LogP contribution < -0.4 is 0 Å². The Hall–Kier alpha value is -0.0400. The van der Waals surface area contributed by atoms with Crippen molar-refractivity contribution in [3.63, 3.8) is 0 Å². The topological polar surface area (TPSA) is 24.7 Å². The number of halogens is 2. The zero-order valence-corrected chi connectivity index (χ0v) is 9.52. The van der Waals surface area contributed by atoms with E-state index < -0.39 is 0 Å². The molecule has 0 aromatic rings. The molecule has 0 spiro atoms. The number of aliphatic imine (C=N–C) groups is 2. The van der Waals surface area contributed by atoms with E-state index in [1.54, 1.807) is 0 Å². The van der Waals surface area contributed by atoms with Crippen LogP contribution in [-0.2, 0) is 0 Å². The quantitative estimate of drug-likeness (QED) is 0.494. The molecule has 0 radical (unpaired) electrons. The van der Waals surface area contributed by atoms with Gasteiger partial charge in [-0.05, 0) is 27.7 Å². The first kappa shape index (κ1) is 14.5. The van der Waals surface area contributed by atoms with Gasteiger partial charge in [0.2, 0.25) is 0 Å². The Bertz CT molecular complexity index is 126. The summed E-state index contributed by atoms with van der Waals surface area (Å²) in [4.78, 5) is 7.90. The molecule has 0 saturated carbocycles. The van der Waals surface area contributed by atoms with Gasteiger partial charge < -0.3 is 0 Å². The Balaban J connectivity index is 0. The molecule has 0 aliphatic heterocycles. The Morgan fingerprint density at radius 3 is 1.42 bits per heavy atom. The Kier molecular flexibility index (Phi) is 13.2. The first-order valence-electron chi connectivity index (χ1n) is 3.81. The van der Waals surface area contributed by atoms with Crippen LogP contribution in [0.5, 0.6) is 0 Å². The minimum Gasteiger partial charge on any atom is -0.223 e. The van der Waals surface area contributed by atoms with Crippen molar-refractivity contribution < 1.29 is 0 Å². The number of hydrogen-bond donors (Lipinski definition) is 0. The minimum absolute atomic E-state index is 0.194. The van der Waals surface area contributed by atoms with E-state index in [0.29, 0.717) is 12.1 Å². The molecule has 4 heteroatoms. The summed E-state index contributed by atoms with van der Waals surface area (Å²) < 4.78 is 0. The van der Waals surface area contributed by atoms with Crippen LogP contribution in [0.1, 0.15) is 27.7 Å².